The van der Waals surface area contributed by atoms with Gasteiger partial charge >= 0.3 is 18.5 Å². The topological polar surface area (TPSA) is 94.5 Å². The molecule has 8 nitrogen and oxygen atoms in total. The van der Waals surface area contributed by atoms with Gasteiger partial charge in [-0.3, -0.25) is 0 Å². The van der Waals surface area contributed by atoms with Gasteiger partial charge in [0.25, 0.3) is 0 Å². The maximum atomic E-state index is 12.8. The molecule has 2 amide bonds. The average Bonchev–Trinajstić information content (AvgIpc) is 3.10. The highest BCUT2D eigenvalue weighted by Gasteiger charge is 2.15. The maximum Gasteiger partial charge on any atom is 0.341 e. The number of carbonyl (C=O) groups excluding carboxylic acids is 2. The molecule has 1 heterocycles. The molecule has 0 aliphatic heterocycles. The van der Waals surface area contributed by atoms with Crippen molar-refractivity contribution in [2.45, 2.75) is 6.55 Å². The maximum absolute atomic E-state index is 12.8. The molecule has 146 valence electrons. The van der Waals surface area contributed by atoms with Gasteiger partial charge in [-0.25, -0.2) is 14.3 Å². The molecule has 2 N–H and O–H groups in total. The summed E-state index contributed by atoms with van der Waals surface area (Å²) in [5, 5.41) is 9.28. The zero-order chi connectivity index (χ0) is 20.3. The van der Waals surface area contributed by atoms with Crippen LogP contribution in [-0.4, -0.2) is 36.0 Å². The van der Waals surface area contributed by atoms with E-state index in [2.05, 4.69) is 20.5 Å². The fraction of sp³-hybridized carbons (Fsp3) is 0.167. The van der Waals surface area contributed by atoms with E-state index in [1.165, 1.54) is 56.8 Å². The minimum atomic E-state index is -2.75. The molecular weight excluding hydrogens is 374 g/mol. The third-order valence-corrected chi connectivity index (χ3v) is 3.90. The summed E-state index contributed by atoms with van der Waals surface area (Å²) >= 11 is 0. The second kappa shape index (κ2) is 7.91. The Balaban J connectivity index is 1.73. The highest BCUT2D eigenvalue weighted by molar-refractivity contribution is 6.01. The van der Waals surface area contributed by atoms with Crippen molar-refractivity contribution in [2.24, 2.45) is 0 Å². The molecule has 0 saturated heterocycles. The van der Waals surface area contributed by atoms with Crippen molar-refractivity contribution in [1.82, 2.24) is 9.78 Å². The van der Waals surface area contributed by atoms with Gasteiger partial charge < -0.3 is 20.1 Å². The smallest absolute Gasteiger partial charge is 0.341 e. The van der Waals surface area contributed by atoms with E-state index in [1.54, 1.807) is 0 Å². The van der Waals surface area contributed by atoms with Crippen molar-refractivity contribution < 1.29 is 27.8 Å². The molecule has 10 heteroatoms. The monoisotopic (exact) mass is 390 g/mol. The van der Waals surface area contributed by atoms with Gasteiger partial charge in [0.1, 0.15) is 11.3 Å². The molecule has 1 aromatic heterocycles. The molecule has 0 aliphatic carbocycles. The van der Waals surface area contributed by atoms with Crippen LogP contribution in [0.4, 0.5) is 25.0 Å². The van der Waals surface area contributed by atoms with Gasteiger partial charge in [-0.05, 0) is 30.3 Å². The predicted molar refractivity (Wildman–Crippen MR) is 98.0 cm³/mol. The lowest BCUT2D eigenvalue weighted by Crippen LogP contribution is -2.19. The zero-order valence-electron chi connectivity index (χ0n) is 14.9. The summed E-state index contributed by atoms with van der Waals surface area (Å²) in [6.07, 6.45) is 1.29. The molecule has 0 atom stereocenters. The first kappa shape index (κ1) is 19.1. The van der Waals surface area contributed by atoms with E-state index in [-0.39, 0.29) is 16.8 Å². The molecule has 0 spiro atoms. The second-order valence-electron chi connectivity index (χ2n) is 5.63. The number of alkyl halides is 2. The number of anilines is 2. The first-order valence-electron chi connectivity index (χ1n) is 8.02. The molecule has 0 radical (unpaired) electrons. The largest absolute Gasteiger partial charge is 0.496 e. The number of hydrogen-bond acceptors (Lipinski definition) is 5. The number of aromatic nitrogens is 2. The van der Waals surface area contributed by atoms with Crippen molar-refractivity contribution in [3.63, 3.8) is 0 Å². The van der Waals surface area contributed by atoms with Gasteiger partial charge in [-0.1, -0.05) is 0 Å². The minimum Gasteiger partial charge on any atom is -0.496 e. The van der Waals surface area contributed by atoms with Crippen LogP contribution in [0.5, 0.6) is 5.75 Å². The number of nitrogens with zero attached hydrogens (tertiary/aromatic N) is 2. The molecule has 3 aromatic rings. The first-order valence-corrected chi connectivity index (χ1v) is 8.02. The molecule has 0 bridgehead atoms. The molecule has 3 rings (SSSR count). The Morgan fingerprint density at radius 1 is 1.07 bits per heavy atom. The van der Waals surface area contributed by atoms with Crippen molar-refractivity contribution in [3.8, 4) is 5.75 Å². The molecule has 0 saturated carbocycles. The number of nitrogens with one attached hydrogen (secondary N) is 2. The molecule has 0 unspecified atom stereocenters. The number of urea groups is 1. The lowest BCUT2D eigenvalue weighted by molar-refractivity contribution is 0.0595. The standard InChI is InChI=1S/C18H16F2N4O4/c1-27-15-8-12(3-5-13(15)16(25)28-2)23-18(26)22-11-4-6-14-10(7-11)9-21-24(14)17(19)20/h3-9,17H,1-2H3,(H2,22,23,26). The van der Waals surface area contributed by atoms with Crippen molar-refractivity contribution in [3.05, 3.63) is 48.2 Å². The minimum absolute atomic E-state index is 0.220. The van der Waals surface area contributed by atoms with E-state index in [0.717, 1.165) is 0 Å². The van der Waals surface area contributed by atoms with E-state index < -0.39 is 18.5 Å². The van der Waals surface area contributed by atoms with E-state index in [9.17, 15) is 18.4 Å². The number of rotatable bonds is 5. The zero-order valence-corrected chi connectivity index (χ0v) is 14.9. The Bertz CT molecular complexity index is 1040. The molecular formula is C18H16F2N4O4. The number of hydrogen-bond donors (Lipinski definition) is 2. The van der Waals surface area contributed by atoms with Crippen LogP contribution >= 0.6 is 0 Å². The van der Waals surface area contributed by atoms with Gasteiger partial charge in [0.2, 0.25) is 0 Å². The third kappa shape index (κ3) is 3.85. The normalized spacial score (nSPS) is 10.8. The number of esters is 1. The molecule has 28 heavy (non-hydrogen) atoms. The van der Waals surface area contributed by atoms with Crippen molar-refractivity contribution in [2.75, 3.05) is 24.9 Å². The Hall–Kier alpha value is -3.69. The average molecular weight is 390 g/mol. The van der Waals surface area contributed by atoms with Gasteiger partial charge in [0.15, 0.2) is 0 Å². The van der Waals surface area contributed by atoms with Crippen LogP contribution in [0.15, 0.2) is 42.6 Å². The van der Waals surface area contributed by atoms with E-state index in [0.29, 0.717) is 21.4 Å². The number of carbonyl (C=O) groups is 2. The van der Waals surface area contributed by atoms with Crippen LogP contribution in [0.2, 0.25) is 0 Å². The second-order valence-corrected chi connectivity index (χ2v) is 5.63. The summed E-state index contributed by atoms with van der Waals surface area (Å²) in [5.74, 6) is -0.323. The number of methoxy groups -OCH3 is 2. The summed E-state index contributed by atoms with van der Waals surface area (Å²) in [6.45, 7) is -2.75. The highest BCUT2D eigenvalue weighted by atomic mass is 19.3. The molecule has 0 fully saturated rings. The fourth-order valence-electron chi connectivity index (χ4n) is 2.63. The number of fused-ring (bicyclic) bond motifs is 1. The van der Waals surface area contributed by atoms with Crippen molar-refractivity contribution in [1.29, 1.82) is 0 Å². The molecule has 0 aliphatic rings. The first-order chi connectivity index (χ1) is 13.4. The SMILES string of the molecule is COC(=O)c1ccc(NC(=O)Nc2ccc3c(cnn3C(F)F)c2)cc1OC. The number of halogens is 2. The van der Waals surface area contributed by atoms with Gasteiger partial charge in [0, 0.05) is 22.8 Å². The van der Waals surface area contributed by atoms with Gasteiger partial charge in [0.05, 0.1) is 25.9 Å². The quantitative estimate of drug-likeness (QED) is 0.645. The summed E-state index contributed by atoms with van der Waals surface area (Å²) in [6, 6.07) is 8.36. The van der Waals surface area contributed by atoms with Gasteiger partial charge in [-0.15, -0.1) is 0 Å². The summed E-state index contributed by atoms with van der Waals surface area (Å²) in [7, 11) is 2.64. The number of ether oxygens (including phenoxy) is 2. The van der Waals surface area contributed by atoms with Gasteiger partial charge in [-0.2, -0.15) is 13.9 Å². The lowest BCUT2D eigenvalue weighted by Gasteiger charge is -2.11. The summed E-state index contributed by atoms with van der Waals surface area (Å²) < 4.78 is 36.0. The highest BCUT2D eigenvalue weighted by Crippen LogP contribution is 2.25. The Morgan fingerprint density at radius 2 is 1.75 bits per heavy atom. The number of amides is 2. The number of benzene rings is 2. The molecule has 2 aromatic carbocycles. The van der Waals surface area contributed by atoms with Crippen LogP contribution < -0.4 is 15.4 Å². The summed E-state index contributed by atoms with van der Waals surface area (Å²) in [4.78, 5) is 23.9. The Kier molecular flexibility index (Phi) is 5.39. The van der Waals surface area contributed by atoms with Crippen molar-refractivity contribution >= 4 is 34.3 Å². The van der Waals surface area contributed by atoms with E-state index in [1.807, 2.05) is 0 Å². The summed E-state index contributed by atoms with van der Waals surface area (Å²) in [5.41, 5.74) is 1.26. The Labute approximate surface area is 158 Å². The third-order valence-electron chi connectivity index (χ3n) is 3.90. The Morgan fingerprint density at radius 3 is 2.39 bits per heavy atom. The van der Waals surface area contributed by atoms with Crippen LogP contribution in [0.3, 0.4) is 0 Å². The predicted octanol–water partition coefficient (Wildman–Crippen LogP) is 3.87. The van der Waals surface area contributed by atoms with E-state index in [4.69, 9.17) is 4.74 Å². The fourth-order valence-corrected chi connectivity index (χ4v) is 2.63. The van der Waals surface area contributed by atoms with Crippen LogP contribution in [0.1, 0.15) is 16.9 Å². The van der Waals surface area contributed by atoms with E-state index >= 15 is 0 Å². The van der Waals surface area contributed by atoms with Crippen LogP contribution in [-0.2, 0) is 4.74 Å². The van der Waals surface area contributed by atoms with Crippen LogP contribution in [0.25, 0.3) is 10.9 Å². The lowest BCUT2D eigenvalue weighted by atomic mass is 10.2. The van der Waals surface area contributed by atoms with Crippen LogP contribution in [0, 0.1) is 0 Å².